The number of nitrogens with two attached hydrogens (primary N) is 1. The number of rotatable bonds is 3. The Labute approximate surface area is 99.4 Å². The number of fused-ring (bicyclic) bond motifs is 1. The average Bonchev–Trinajstić information content (AvgIpc) is 2.67. The summed E-state index contributed by atoms with van der Waals surface area (Å²) < 4.78 is 0. The van der Waals surface area contributed by atoms with Gasteiger partial charge in [-0.15, -0.1) is 0 Å². The molecule has 17 heavy (non-hydrogen) atoms. The van der Waals surface area contributed by atoms with Crippen molar-refractivity contribution in [1.29, 1.82) is 0 Å². The number of benzene rings is 1. The van der Waals surface area contributed by atoms with E-state index in [1.807, 2.05) is 25.1 Å². The fourth-order valence-corrected chi connectivity index (χ4v) is 1.90. The highest BCUT2D eigenvalue weighted by molar-refractivity contribution is 5.99. The fourth-order valence-electron chi connectivity index (χ4n) is 1.90. The van der Waals surface area contributed by atoms with Crippen LogP contribution in [0.2, 0.25) is 0 Å². The molecule has 0 saturated heterocycles. The smallest absolute Gasteiger partial charge is 0.234 e. The van der Waals surface area contributed by atoms with Gasteiger partial charge < -0.3 is 16.4 Å². The molecule has 1 unspecified atom stereocenters. The number of anilines is 1. The third-order valence-electron chi connectivity index (χ3n) is 2.82. The topological polar surface area (TPSA) is 84.2 Å². The lowest BCUT2D eigenvalue weighted by molar-refractivity contribution is -0.120. The first kappa shape index (κ1) is 11.6. The van der Waals surface area contributed by atoms with Gasteiger partial charge in [-0.1, -0.05) is 12.1 Å². The van der Waals surface area contributed by atoms with Gasteiger partial charge in [-0.05, 0) is 24.1 Å². The van der Waals surface area contributed by atoms with Crippen LogP contribution in [-0.4, -0.2) is 18.4 Å². The quantitative estimate of drug-likeness (QED) is 0.702. The Bertz CT molecular complexity index is 471. The monoisotopic (exact) mass is 233 g/mol. The van der Waals surface area contributed by atoms with Crippen molar-refractivity contribution in [2.45, 2.75) is 19.4 Å². The molecule has 2 rings (SSSR count). The standard InChI is InChI=1S/C12H15N3O2/c1-7(14-12(17)6-13)8-2-3-10-9(4-8)5-11(16)15-10/h2-4,7H,5-6,13H2,1H3,(H,14,17)(H,15,16). The Morgan fingerprint density at radius 2 is 2.35 bits per heavy atom. The minimum Gasteiger partial charge on any atom is -0.348 e. The van der Waals surface area contributed by atoms with Crippen molar-refractivity contribution >= 4 is 17.5 Å². The van der Waals surface area contributed by atoms with Crippen LogP contribution in [0.1, 0.15) is 24.1 Å². The van der Waals surface area contributed by atoms with Crippen molar-refractivity contribution in [2.24, 2.45) is 5.73 Å². The van der Waals surface area contributed by atoms with E-state index >= 15 is 0 Å². The van der Waals surface area contributed by atoms with Gasteiger partial charge in [0.25, 0.3) is 0 Å². The molecule has 1 aromatic rings. The maximum absolute atomic E-state index is 11.2. The van der Waals surface area contributed by atoms with Crippen molar-refractivity contribution in [3.05, 3.63) is 29.3 Å². The highest BCUT2D eigenvalue weighted by Crippen LogP contribution is 2.26. The summed E-state index contributed by atoms with van der Waals surface area (Å²) >= 11 is 0. The second kappa shape index (κ2) is 4.55. The Kier molecular flexibility index (Phi) is 3.10. The van der Waals surface area contributed by atoms with E-state index in [0.29, 0.717) is 6.42 Å². The zero-order valence-electron chi connectivity index (χ0n) is 9.62. The SMILES string of the molecule is CC(NC(=O)CN)c1ccc2c(c1)CC(=O)N2. The molecule has 0 aliphatic carbocycles. The molecule has 0 saturated carbocycles. The van der Waals surface area contributed by atoms with Crippen LogP contribution in [0.4, 0.5) is 5.69 Å². The molecule has 1 aromatic carbocycles. The maximum Gasteiger partial charge on any atom is 0.234 e. The van der Waals surface area contributed by atoms with Crippen LogP contribution in [-0.2, 0) is 16.0 Å². The number of hydrogen-bond donors (Lipinski definition) is 3. The molecule has 0 aromatic heterocycles. The van der Waals surface area contributed by atoms with E-state index in [4.69, 9.17) is 5.73 Å². The van der Waals surface area contributed by atoms with Crippen LogP contribution in [0.3, 0.4) is 0 Å². The molecule has 90 valence electrons. The van der Waals surface area contributed by atoms with E-state index in [-0.39, 0.29) is 24.4 Å². The number of amides is 2. The van der Waals surface area contributed by atoms with E-state index in [1.54, 1.807) is 0 Å². The van der Waals surface area contributed by atoms with Gasteiger partial charge in [-0.25, -0.2) is 0 Å². The number of nitrogens with one attached hydrogen (secondary N) is 2. The normalized spacial score (nSPS) is 15.1. The Balaban J connectivity index is 2.15. The van der Waals surface area contributed by atoms with Crippen molar-refractivity contribution in [3.8, 4) is 0 Å². The van der Waals surface area contributed by atoms with Crippen molar-refractivity contribution in [1.82, 2.24) is 5.32 Å². The highest BCUT2D eigenvalue weighted by Gasteiger charge is 2.19. The largest absolute Gasteiger partial charge is 0.348 e. The highest BCUT2D eigenvalue weighted by atomic mass is 16.2. The second-order valence-corrected chi connectivity index (χ2v) is 4.13. The van der Waals surface area contributed by atoms with E-state index in [0.717, 1.165) is 16.8 Å². The van der Waals surface area contributed by atoms with Gasteiger partial charge in [-0.2, -0.15) is 0 Å². The lowest BCUT2D eigenvalue weighted by Crippen LogP contribution is -2.32. The summed E-state index contributed by atoms with van der Waals surface area (Å²) in [6.45, 7) is 1.87. The van der Waals surface area contributed by atoms with E-state index < -0.39 is 0 Å². The predicted octanol–water partition coefficient (Wildman–Crippen LogP) is 0.317. The van der Waals surface area contributed by atoms with E-state index in [1.165, 1.54) is 0 Å². The first-order valence-corrected chi connectivity index (χ1v) is 5.52. The van der Waals surface area contributed by atoms with Crippen LogP contribution in [0.5, 0.6) is 0 Å². The summed E-state index contributed by atoms with van der Waals surface area (Å²) in [6.07, 6.45) is 0.404. The lowest BCUT2D eigenvalue weighted by Gasteiger charge is -2.14. The molecule has 0 bridgehead atoms. The molecule has 0 radical (unpaired) electrons. The van der Waals surface area contributed by atoms with Crippen LogP contribution >= 0.6 is 0 Å². The molecule has 1 aliphatic rings. The third-order valence-corrected chi connectivity index (χ3v) is 2.82. The number of carbonyl (C=O) groups excluding carboxylic acids is 2. The maximum atomic E-state index is 11.2. The zero-order chi connectivity index (χ0) is 12.4. The minimum atomic E-state index is -0.188. The number of carbonyl (C=O) groups is 2. The molecular weight excluding hydrogens is 218 g/mol. The summed E-state index contributed by atoms with van der Waals surface area (Å²) in [5, 5.41) is 5.55. The van der Waals surface area contributed by atoms with Gasteiger partial charge in [0.1, 0.15) is 0 Å². The summed E-state index contributed by atoms with van der Waals surface area (Å²) in [4.78, 5) is 22.4. The summed E-state index contributed by atoms with van der Waals surface area (Å²) in [5.74, 6) is -0.178. The van der Waals surface area contributed by atoms with E-state index in [9.17, 15) is 9.59 Å². The summed E-state index contributed by atoms with van der Waals surface area (Å²) in [7, 11) is 0. The van der Waals surface area contributed by atoms with Gasteiger partial charge in [0.05, 0.1) is 19.0 Å². The van der Waals surface area contributed by atoms with Gasteiger partial charge >= 0.3 is 0 Å². The Morgan fingerprint density at radius 3 is 3.06 bits per heavy atom. The van der Waals surface area contributed by atoms with Crippen molar-refractivity contribution < 1.29 is 9.59 Å². The van der Waals surface area contributed by atoms with Gasteiger partial charge in [-0.3, -0.25) is 9.59 Å². The third kappa shape index (κ3) is 2.45. The first-order chi connectivity index (χ1) is 8.10. The first-order valence-electron chi connectivity index (χ1n) is 5.52. The number of hydrogen-bond acceptors (Lipinski definition) is 3. The van der Waals surface area contributed by atoms with Crippen molar-refractivity contribution in [2.75, 3.05) is 11.9 Å². The molecule has 1 heterocycles. The molecule has 1 aliphatic heterocycles. The van der Waals surface area contributed by atoms with Crippen LogP contribution in [0, 0.1) is 0 Å². The molecule has 5 heteroatoms. The molecule has 2 amide bonds. The molecule has 0 fully saturated rings. The van der Waals surface area contributed by atoms with Gasteiger partial charge in [0, 0.05) is 5.69 Å². The predicted molar refractivity (Wildman–Crippen MR) is 64.4 cm³/mol. The van der Waals surface area contributed by atoms with E-state index in [2.05, 4.69) is 10.6 Å². The second-order valence-electron chi connectivity index (χ2n) is 4.13. The zero-order valence-corrected chi connectivity index (χ0v) is 9.62. The van der Waals surface area contributed by atoms with Crippen LogP contribution in [0.15, 0.2) is 18.2 Å². The van der Waals surface area contributed by atoms with Crippen LogP contribution in [0.25, 0.3) is 0 Å². The summed E-state index contributed by atoms with van der Waals surface area (Å²) in [6, 6.07) is 5.59. The molecule has 1 atom stereocenters. The minimum absolute atomic E-state index is 0.01000. The van der Waals surface area contributed by atoms with Gasteiger partial charge in [0.15, 0.2) is 0 Å². The Morgan fingerprint density at radius 1 is 1.59 bits per heavy atom. The van der Waals surface area contributed by atoms with Gasteiger partial charge in [0.2, 0.25) is 11.8 Å². The Hall–Kier alpha value is -1.88. The average molecular weight is 233 g/mol. The summed E-state index contributed by atoms with van der Waals surface area (Å²) in [5.41, 5.74) is 8.05. The molecule has 0 spiro atoms. The fraction of sp³-hybridized carbons (Fsp3) is 0.333. The molecule has 5 nitrogen and oxygen atoms in total. The lowest BCUT2D eigenvalue weighted by atomic mass is 10.0. The molecular formula is C12H15N3O2. The van der Waals surface area contributed by atoms with Crippen LogP contribution < -0.4 is 16.4 Å². The molecule has 4 N–H and O–H groups in total. The van der Waals surface area contributed by atoms with Crippen molar-refractivity contribution in [3.63, 3.8) is 0 Å².